The van der Waals surface area contributed by atoms with Crippen LogP contribution in [0.1, 0.15) is 0 Å². The largest absolute Gasteiger partial charge is 0.497 e. The predicted molar refractivity (Wildman–Crippen MR) is 113 cm³/mol. The van der Waals surface area contributed by atoms with E-state index in [2.05, 4.69) is 0 Å². The van der Waals surface area contributed by atoms with Gasteiger partial charge in [-0.15, -0.1) is 0 Å². The van der Waals surface area contributed by atoms with Crippen LogP contribution in [0, 0.1) is 10.1 Å². The first-order chi connectivity index (χ1) is 14.8. The summed E-state index contributed by atoms with van der Waals surface area (Å²) in [4.78, 5) is 23.1. The fraction of sp³-hybridized carbons (Fsp3) is 0.0952. The van der Waals surface area contributed by atoms with Crippen LogP contribution < -0.4 is 13.8 Å². The second-order valence-corrected chi connectivity index (χ2v) is 8.00. The monoisotopic (exact) mass is 442 g/mol. The Morgan fingerprint density at radius 1 is 0.935 bits per heavy atom. The van der Waals surface area contributed by atoms with Crippen molar-refractivity contribution in [2.45, 2.75) is 4.90 Å². The lowest BCUT2D eigenvalue weighted by atomic mass is 10.3. The highest BCUT2D eigenvalue weighted by atomic mass is 32.2. The normalized spacial score (nSPS) is 10.9. The van der Waals surface area contributed by atoms with Gasteiger partial charge in [-0.3, -0.25) is 14.9 Å². The number of methoxy groups -OCH3 is 1. The summed E-state index contributed by atoms with van der Waals surface area (Å²) in [5.74, 6) is -0.159. The van der Waals surface area contributed by atoms with E-state index in [1.807, 2.05) is 0 Å². The summed E-state index contributed by atoms with van der Waals surface area (Å²) in [5.41, 5.74) is -0.0212. The summed E-state index contributed by atoms with van der Waals surface area (Å²) < 4.78 is 37.5. The molecule has 0 aliphatic heterocycles. The van der Waals surface area contributed by atoms with Crippen molar-refractivity contribution in [2.24, 2.45) is 0 Å². The van der Waals surface area contributed by atoms with E-state index in [1.54, 1.807) is 18.2 Å². The fourth-order valence-corrected chi connectivity index (χ4v) is 4.13. The smallest absolute Gasteiger partial charge is 0.278 e. The van der Waals surface area contributed by atoms with E-state index in [0.29, 0.717) is 10.1 Å². The number of hydrogen-bond donors (Lipinski definition) is 0. The van der Waals surface area contributed by atoms with Crippen molar-refractivity contribution in [2.75, 3.05) is 18.0 Å². The third-order valence-corrected chi connectivity index (χ3v) is 5.99. The molecule has 0 aliphatic carbocycles. The van der Waals surface area contributed by atoms with Gasteiger partial charge in [-0.1, -0.05) is 18.2 Å². The predicted octanol–water partition coefficient (Wildman–Crippen LogP) is 3.40. The van der Waals surface area contributed by atoms with Gasteiger partial charge >= 0.3 is 0 Å². The van der Waals surface area contributed by atoms with Gasteiger partial charge in [0.05, 0.1) is 22.6 Å². The van der Waals surface area contributed by atoms with E-state index in [0.717, 1.165) is 0 Å². The van der Waals surface area contributed by atoms with Gasteiger partial charge in [-0.05, 0) is 48.5 Å². The molecule has 0 unspecified atom stereocenters. The molecule has 0 aromatic heterocycles. The summed E-state index contributed by atoms with van der Waals surface area (Å²) in [6, 6.07) is 18.6. The highest BCUT2D eigenvalue weighted by Gasteiger charge is 2.31. The number of amides is 1. The molecule has 0 atom stereocenters. The lowest BCUT2D eigenvalue weighted by Crippen LogP contribution is -2.40. The minimum Gasteiger partial charge on any atom is -0.497 e. The lowest BCUT2D eigenvalue weighted by molar-refractivity contribution is -0.384. The highest BCUT2D eigenvalue weighted by molar-refractivity contribution is 7.93. The number of benzene rings is 3. The number of rotatable bonds is 8. The number of anilines is 1. The van der Waals surface area contributed by atoms with E-state index in [9.17, 15) is 23.3 Å². The average molecular weight is 442 g/mol. The molecule has 0 radical (unpaired) electrons. The molecule has 31 heavy (non-hydrogen) atoms. The van der Waals surface area contributed by atoms with Gasteiger partial charge in [-0.2, -0.15) is 4.31 Å². The maximum Gasteiger partial charge on any atom is 0.278 e. The molecule has 3 aromatic rings. The topological polar surface area (TPSA) is 116 Å². The maximum absolute atomic E-state index is 13.2. The average Bonchev–Trinajstić information content (AvgIpc) is 2.79. The minimum absolute atomic E-state index is 0.0606. The summed E-state index contributed by atoms with van der Waals surface area (Å²) in [5, 5.41) is 10.7. The number of sulfonamides is 1. The van der Waals surface area contributed by atoms with Crippen molar-refractivity contribution >= 4 is 27.3 Å². The van der Waals surface area contributed by atoms with Gasteiger partial charge in [0, 0.05) is 12.1 Å². The summed E-state index contributed by atoms with van der Waals surface area (Å²) in [6.45, 7) is -0.601. The zero-order valence-electron chi connectivity index (χ0n) is 16.4. The van der Waals surface area contributed by atoms with Gasteiger partial charge in [0.1, 0.15) is 11.5 Å². The fourth-order valence-electron chi connectivity index (χ4n) is 2.70. The maximum atomic E-state index is 13.2. The first kappa shape index (κ1) is 21.8. The Bertz CT molecular complexity index is 1160. The molecule has 0 heterocycles. The molecule has 160 valence electrons. The second kappa shape index (κ2) is 9.26. The van der Waals surface area contributed by atoms with Crippen LogP contribution in [0.3, 0.4) is 0 Å². The van der Waals surface area contributed by atoms with Crippen LogP contribution in [0.15, 0.2) is 83.8 Å². The van der Waals surface area contributed by atoms with E-state index < -0.39 is 27.5 Å². The Kier molecular flexibility index (Phi) is 6.51. The number of ether oxygens (including phenoxy) is 2. The van der Waals surface area contributed by atoms with E-state index >= 15 is 0 Å². The molecule has 1 amide bonds. The van der Waals surface area contributed by atoms with Crippen LogP contribution in [0.2, 0.25) is 0 Å². The minimum atomic E-state index is -4.22. The Morgan fingerprint density at radius 3 is 2.06 bits per heavy atom. The van der Waals surface area contributed by atoms with Gasteiger partial charge in [0.2, 0.25) is 0 Å². The molecule has 10 heteroatoms. The third-order valence-electron chi connectivity index (χ3n) is 4.22. The second-order valence-electron chi connectivity index (χ2n) is 6.21. The molecule has 0 bridgehead atoms. The zero-order valence-corrected chi connectivity index (χ0v) is 17.2. The molecule has 9 nitrogen and oxygen atoms in total. The number of nitro groups is 1. The number of non-ortho nitro benzene ring substituents is 1. The molecule has 3 rings (SSSR count). The van der Waals surface area contributed by atoms with Crippen LogP contribution in [0.5, 0.6) is 11.5 Å². The van der Waals surface area contributed by atoms with Gasteiger partial charge in [0.25, 0.3) is 21.6 Å². The van der Waals surface area contributed by atoms with Crippen LogP contribution in [0.4, 0.5) is 11.4 Å². The molecule has 0 saturated carbocycles. The van der Waals surface area contributed by atoms with Crippen molar-refractivity contribution in [1.29, 1.82) is 0 Å². The Hall–Kier alpha value is -3.92. The highest BCUT2D eigenvalue weighted by Crippen LogP contribution is 2.26. The van der Waals surface area contributed by atoms with Crippen molar-refractivity contribution < 1.29 is 27.6 Å². The van der Waals surface area contributed by atoms with Crippen molar-refractivity contribution in [3.8, 4) is 11.5 Å². The molecule has 0 aliphatic rings. The molecule has 0 saturated heterocycles. The molecule has 0 spiro atoms. The summed E-state index contributed by atoms with van der Waals surface area (Å²) >= 11 is 0. The summed E-state index contributed by atoms with van der Waals surface area (Å²) in [6.07, 6.45) is 0. The standard InChI is InChI=1S/C21H18N2O7S/c1-29-18-11-7-16(8-12-18)22(31(27,28)20-5-3-2-4-6-20)21(24)15-30-19-13-9-17(10-14-19)23(25)26/h2-14H,15H2,1H3. The van der Waals surface area contributed by atoms with Crippen molar-refractivity contribution in [1.82, 2.24) is 0 Å². The van der Waals surface area contributed by atoms with E-state index in [4.69, 9.17) is 9.47 Å². The lowest BCUT2D eigenvalue weighted by Gasteiger charge is -2.23. The van der Waals surface area contributed by atoms with E-state index in [-0.39, 0.29) is 22.0 Å². The first-order valence-corrected chi connectivity index (χ1v) is 10.4. The van der Waals surface area contributed by atoms with Crippen molar-refractivity contribution in [3.63, 3.8) is 0 Å². The van der Waals surface area contributed by atoms with E-state index in [1.165, 1.54) is 67.8 Å². The molecule has 0 fully saturated rings. The number of hydrogen-bond acceptors (Lipinski definition) is 7. The quantitative estimate of drug-likeness (QED) is 0.388. The SMILES string of the molecule is COc1ccc(N(C(=O)COc2ccc([N+](=O)[O-])cc2)S(=O)(=O)c2ccccc2)cc1. The van der Waals surface area contributed by atoms with Crippen LogP contribution in [-0.2, 0) is 14.8 Å². The van der Waals surface area contributed by atoms with Gasteiger partial charge < -0.3 is 9.47 Å². The van der Waals surface area contributed by atoms with Crippen LogP contribution in [0.25, 0.3) is 0 Å². The Labute approximate surface area is 178 Å². The van der Waals surface area contributed by atoms with Gasteiger partial charge in [-0.25, -0.2) is 8.42 Å². The Balaban J connectivity index is 1.89. The van der Waals surface area contributed by atoms with Gasteiger partial charge in [0.15, 0.2) is 6.61 Å². The number of nitrogens with zero attached hydrogens (tertiary/aromatic N) is 2. The number of nitro benzene ring substituents is 1. The Morgan fingerprint density at radius 2 is 1.52 bits per heavy atom. The molecular weight excluding hydrogens is 424 g/mol. The zero-order chi connectivity index (χ0) is 22.4. The molecular formula is C21H18N2O7S. The number of carbonyl (C=O) groups excluding carboxylic acids is 1. The number of carbonyl (C=O) groups is 1. The van der Waals surface area contributed by atoms with Crippen LogP contribution in [-0.4, -0.2) is 33.0 Å². The first-order valence-electron chi connectivity index (χ1n) is 8.97. The van der Waals surface area contributed by atoms with Crippen LogP contribution >= 0.6 is 0 Å². The molecule has 3 aromatic carbocycles. The summed E-state index contributed by atoms with van der Waals surface area (Å²) in [7, 11) is -2.75. The third kappa shape index (κ3) is 4.98. The molecule has 0 N–H and O–H groups in total. The van der Waals surface area contributed by atoms with Crippen molar-refractivity contribution in [3.05, 3.63) is 89.0 Å².